The number of hydrogen-bond acceptors (Lipinski definition) is 5. The molecular formula is C22H27ClN2O4. The fourth-order valence-electron chi connectivity index (χ4n) is 3.77. The second-order valence-corrected chi connectivity index (χ2v) is 7.31. The minimum atomic E-state index is -0.216. The lowest BCUT2D eigenvalue weighted by molar-refractivity contribution is 0.0937. The van der Waals surface area contributed by atoms with Gasteiger partial charge in [-0.3, -0.25) is 9.69 Å². The third-order valence-corrected chi connectivity index (χ3v) is 5.51. The third kappa shape index (κ3) is 4.77. The van der Waals surface area contributed by atoms with Crippen LogP contribution < -0.4 is 19.5 Å². The van der Waals surface area contributed by atoms with Gasteiger partial charge in [-0.15, -0.1) is 0 Å². The van der Waals surface area contributed by atoms with Crippen LogP contribution in [0, 0.1) is 0 Å². The van der Waals surface area contributed by atoms with Crippen LogP contribution in [0.2, 0.25) is 5.02 Å². The standard InChI is InChI=1S/C22H27ClN2O4/c1-27-19-9-5-4-8-16(19)18(25-10-6-7-11-25)14-24-22(26)15-12-17(23)21(29-3)20(13-15)28-2/h4-5,8-9,12-13,18H,6-7,10-11,14H2,1-3H3,(H,24,26)/t18-/m1/s1. The average molecular weight is 419 g/mol. The van der Waals surface area contributed by atoms with Gasteiger partial charge in [-0.2, -0.15) is 0 Å². The average Bonchev–Trinajstić information content (AvgIpc) is 3.28. The molecule has 1 amide bonds. The number of nitrogens with one attached hydrogen (secondary N) is 1. The lowest BCUT2D eigenvalue weighted by Gasteiger charge is -2.29. The smallest absolute Gasteiger partial charge is 0.251 e. The number of carbonyl (C=O) groups is 1. The molecule has 0 aromatic heterocycles. The number of ether oxygens (including phenoxy) is 3. The Labute approximate surface area is 176 Å². The molecule has 1 fully saturated rings. The van der Waals surface area contributed by atoms with Crippen LogP contribution in [0.1, 0.15) is 34.8 Å². The van der Waals surface area contributed by atoms with E-state index < -0.39 is 0 Å². The molecule has 29 heavy (non-hydrogen) atoms. The Morgan fingerprint density at radius 3 is 2.41 bits per heavy atom. The molecule has 2 aromatic rings. The summed E-state index contributed by atoms with van der Waals surface area (Å²) in [5, 5.41) is 3.38. The molecule has 0 bridgehead atoms. The Kier molecular flexibility index (Phi) is 7.23. The van der Waals surface area contributed by atoms with Crippen molar-refractivity contribution in [3.8, 4) is 17.2 Å². The van der Waals surface area contributed by atoms with Crippen LogP contribution in [-0.4, -0.2) is 51.8 Å². The van der Waals surface area contributed by atoms with E-state index in [-0.39, 0.29) is 11.9 Å². The minimum Gasteiger partial charge on any atom is -0.496 e. The lowest BCUT2D eigenvalue weighted by atomic mass is 10.0. The van der Waals surface area contributed by atoms with Gasteiger partial charge in [0.25, 0.3) is 5.91 Å². The zero-order chi connectivity index (χ0) is 20.8. The molecule has 0 saturated carbocycles. The van der Waals surface area contributed by atoms with E-state index in [1.54, 1.807) is 19.2 Å². The second kappa shape index (κ2) is 9.85. The van der Waals surface area contributed by atoms with E-state index in [1.807, 2.05) is 18.2 Å². The van der Waals surface area contributed by atoms with Crippen molar-refractivity contribution >= 4 is 17.5 Å². The SMILES string of the molecule is COc1ccccc1[C@@H](CNC(=O)c1cc(Cl)c(OC)c(OC)c1)N1CCCC1. The van der Waals surface area contributed by atoms with E-state index in [9.17, 15) is 4.79 Å². The topological polar surface area (TPSA) is 60.0 Å². The Hall–Kier alpha value is -2.44. The summed E-state index contributed by atoms with van der Waals surface area (Å²) in [7, 11) is 4.70. The highest BCUT2D eigenvalue weighted by atomic mass is 35.5. The van der Waals surface area contributed by atoms with Gasteiger partial charge in [0.1, 0.15) is 5.75 Å². The first-order valence-corrected chi connectivity index (χ1v) is 10.0. The van der Waals surface area contributed by atoms with Crippen molar-refractivity contribution < 1.29 is 19.0 Å². The van der Waals surface area contributed by atoms with Crippen LogP contribution in [0.3, 0.4) is 0 Å². The number of benzene rings is 2. The van der Waals surface area contributed by atoms with Gasteiger partial charge < -0.3 is 19.5 Å². The minimum absolute atomic E-state index is 0.0354. The van der Waals surface area contributed by atoms with Crippen LogP contribution in [0.5, 0.6) is 17.2 Å². The molecule has 1 saturated heterocycles. The summed E-state index contributed by atoms with van der Waals surface area (Å²) in [5.41, 5.74) is 1.50. The first-order chi connectivity index (χ1) is 14.1. The molecule has 0 aliphatic carbocycles. The van der Waals surface area contributed by atoms with Gasteiger partial charge in [-0.1, -0.05) is 29.8 Å². The summed E-state index contributed by atoms with van der Waals surface area (Å²) in [6.07, 6.45) is 2.32. The van der Waals surface area contributed by atoms with E-state index in [0.29, 0.717) is 28.6 Å². The normalized spacial score (nSPS) is 15.0. The molecule has 0 unspecified atom stereocenters. The summed E-state index contributed by atoms with van der Waals surface area (Å²) < 4.78 is 16.1. The molecule has 2 aromatic carbocycles. The zero-order valence-corrected chi connectivity index (χ0v) is 17.8. The lowest BCUT2D eigenvalue weighted by Crippen LogP contribution is -2.37. The number of hydrogen-bond donors (Lipinski definition) is 1. The highest BCUT2D eigenvalue weighted by Crippen LogP contribution is 2.36. The third-order valence-electron chi connectivity index (χ3n) is 5.23. The number of nitrogens with zero attached hydrogens (tertiary/aromatic N) is 1. The van der Waals surface area contributed by atoms with Crippen molar-refractivity contribution in [2.75, 3.05) is 41.0 Å². The number of likely N-dealkylation sites (tertiary alicyclic amines) is 1. The molecule has 156 valence electrons. The number of carbonyl (C=O) groups excluding carboxylic acids is 1. The number of methoxy groups -OCH3 is 3. The molecule has 1 N–H and O–H groups in total. The van der Waals surface area contributed by atoms with E-state index in [2.05, 4.69) is 16.3 Å². The van der Waals surface area contributed by atoms with Crippen LogP contribution in [0.15, 0.2) is 36.4 Å². The van der Waals surface area contributed by atoms with Gasteiger partial charge in [0.15, 0.2) is 11.5 Å². The van der Waals surface area contributed by atoms with Gasteiger partial charge in [-0.25, -0.2) is 0 Å². The summed E-state index contributed by atoms with van der Waals surface area (Å²) in [6.45, 7) is 2.46. The maximum atomic E-state index is 12.9. The second-order valence-electron chi connectivity index (χ2n) is 6.90. The number of amides is 1. The van der Waals surface area contributed by atoms with Crippen LogP contribution in [0.25, 0.3) is 0 Å². The van der Waals surface area contributed by atoms with Crippen LogP contribution in [-0.2, 0) is 0 Å². The predicted molar refractivity (Wildman–Crippen MR) is 113 cm³/mol. The van der Waals surface area contributed by atoms with Crippen LogP contribution >= 0.6 is 11.6 Å². The zero-order valence-electron chi connectivity index (χ0n) is 17.0. The molecule has 7 heteroatoms. The van der Waals surface area contributed by atoms with E-state index >= 15 is 0 Å². The van der Waals surface area contributed by atoms with Crippen molar-refractivity contribution in [2.24, 2.45) is 0 Å². The molecule has 0 spiro atoms. The van der Waals surface area contributed by atoms with Crippen molar-refractivity contribution in [3.63, 3.8) is 0 Å². The van der Waals surface area contributed by atoms with E-state index in [1.165, 1.54) is 14.2 Å². The van der Waals surface area contributed by atoms with Crippen molar-refractivity contribution in [2.45, 2.75) is 18.9 Å². The summed E-state index contributed by atoms with van der Waals surface area (Å²) >= 11 is 6.25. The predicted octanol–water partition coefficient (Wildman–Crippen LogP) is 3.93. The largest absolute Gasteiger partial charge is 0.496 e. The quantitative estimate of drug-likeness (QED) is 0.703. The molecule has 3 rings (SSSR count). The molecule has 1 aliphatic rings. The Bertz CT molecular complexity index is 853. The fraction of sp³-hybridized carbons (Fsp3) is 0.409. The molecule has 0 radical (unpaired) electrons. The fourth-order valence-corrected chi connectivity index (χ4v) is 4.06. The Morgan fingerprint density at radius 2 is 1.76 bits per heavy atom. The maximum absolute atomic E-state index is 12.9. The van der Waals surface area contributed by atoms with Crippen molar-refractivity contribution in [1.82, 2.24) is 10.2 Å². The van der Waals surface area contributed by atoms with E-state index in [0.717, 1.165) is 37.2 Å². The Balaban J connectivity index is 1.81. The highest BCUT2D eigenvalue weighted by molar-refractivity contribution is 6.32. The van der Waals surface area contributed by atoms with Gasteiger partial charge in [0.05, 0.1) is 32.4 Å². The molecule has 1 aliphatic heterocycles. The number of para-hydroxylation sites is 1. The summed E-state index contributed by atoms with van der Waals surface area (Å²) in [5.74, 6) is 1.44. The molecule has 6 nitrogen and oxygen atoms in total. The van der Waals surface area contributed by atoms with E-state index in [4.69, 9.17) is 25.8 Å². The number of rotatable bonds is 8. The van der Waals surface area contributed by atoms with Gasteiger partial charge in [-0.05, 0) is 44.1 Å². The first kappa shape index (κ1) is 21.3. The van der Waals surface area contributed by atoms with Crippen LogP contribution in [0.4, 0.5) is 0 Å². The van der Waals surface area contributed by atoms with Gasteiger partial charge >= 0.3 is 0 Å². The molecule has 1 heterocycles. The summed E-state index contributed by atoms with van der Waals surface area (Å²) in [4.78, 5) is 15.2. The van der Waals surface area contributed by atoms with Crippen molar-refractivity contribution in [1.29, 1.82) is 0 Å². The molecular weight excluding hydrogens is 392 g/mol. The highest BCUT2D eigenvalue weighted by Gasteiger charge is 2.26. The monoisotopic (exact) mass is 418 g/mol. The number of halogens is 1. The van der Waals surface area contributed by atoms with Gasteiger partial charge in [0.2, 0.25) is 0 Å². The maximum Gasteiger partial charge on any atom is 0.251 e. The van der Waals surface area contributed by atoms with Gasteiger partial charge in [0, 0.05) is 17.7 Å². The Morgan fingerprint density at radius 1 is 1.07 bits per heavy atom. The first-order valence-electron chi connectivity index (χ1n) is 9.65. The summed E-state index contributed by atoms with van der Waals surface area (Å²) in [6, 6.07) is 11.2. The van der Waals surface area contributed by atoms with Crippen molar-refractivity contribution in [3.05, 3.63) is 52.5 Å². The molecule has 1 atom stereocenters.